The Hall–Kier alpha value is -1.14. The van der Waals surface area contributed by atoms with E-state index in [-0.39, 0.29) is 19.0 Å². The summed E-state index contributed by atoms with van der Waals surface area (Å²) in [6.45, 7) is 10.9. The summed E-state index contributed by atoms with van der Waals surface area (Å²) < 4.78 is 0. The Labute approximate surface area is 127 Å². The number of carbonyl (C=O) groups excluding carboxylic acids is 1. The molecular weight excluding hydrogens is 270 g/mol. The predicted octanol–water partition coefficient (Wildman–Crippen LogP) is 0.615. The molecule has 6 nitrogen and oxygen atoms in total. The molecule has 0 bridgehead atoms. The lowest BCUT2D eigenvalue weighted by Crippen LogP contribution is -2.51. The Morgan fingerprint density at radius 3 is 2.14 bits per heavy atom. The fourth-order valence-corrected chi connectivity index (χ4v) is 2.68. The predicted molar refractivity (Wildman–Crippen MR) is 81.9 cm³/mol. The Morgan fingerprint density at radius 2 is 1.76 bits per heavy atom. The quantitative estimate of drug-likeness (QED) is 0.719. The third-order valence-electron chi connectivity index (χ3n) is 3.69. The summed E-state index contributed by atoms with van der Waals surface area (Å²) in [5.74, 6) is -0.0940. The van der Waals surface area contributed by atoms with E-state index in [1.54, 1.807) is 0 Å². The fourth-order valence-electron chi connectivity index (χ4n) is 2.68. The van der Waals surface area contributed by atoms with E-state index >= 15 is 0 Å². The van der Waals surface area contributed by atoms with E-state index in [4.69, 9.17) is 10.8 Å². The van der Waals surface area contributed by atoms with Crippen LogP contribution in [0.2, 0.25) is 0 Å². The van der Waals surface area contributed by atoms with Crippen LogP contribution in [0.5, 0.6) is 0 Å². The van der Waals surface area contributed by atoms with Crippen molar-refractivity contribution in [2.75, 3.05) is 32.7 Å². The highest BCUT2D eigenvalue weighted by molar-refractivity contribution is 5.81. The molecule has 1 fully saturated rings. The van der Waals surface area contributed by atoms with E-state index in [0.717, 1.165) is 13.1 Å². The van der Waals surface area contributed by atoms with Crippen LogP contribution in [0.15, 0.2) is 0 Å². The van der Waals surface area contributed by atoms with Crippen molar-refractivity contribution in [3.63, 3.8) is 0 Å². The molecule has 122 valence electrons. The molecule has 1 atom stereocenters. The highest BCUT2D eigenvalue weighted by Crippen LogP contribution is 2.19. The molecule has 0 saturated carbocycles. The summed E-state index contributed by atoms with van der Waals surface area (Å²) in [5, 5.41) is 9.12. The summed E-state index contributed by atoms with van der Waals surface area (Å²) in [4.78, 5) is 27.3. The Bertz CT molecular complexity index is 374. The summed E-state index contributed by atoms with van der Waals surface area (Å²) >= 11 is 0. The van der Waals surface area contributed by atoms with Gasteiger partial charge in [-0.1, -0.05) is 27.7 Å². The first-order chi connectivity index (χ1) is 9.64. The average Bonchev–Trinajstić information content (AvgIpc) is 2.70. The van der Waals surface area contributed by atoms with Crippen molar-refractivity contribution >= 4 is 11.9 Å². The van der Waals surface area contributed by atoms with Crippen LogP contribution >= 0.6 is 0 Å². The molecule has 1 saturated heterocycles. The maximum absolute atomic E-state index is 12.4. The number of hydrogen-bond donors (Lipinski definition) is 2. The van der Waals surface area contributed by atoms with Gasteiger partial charge in [0.25, 0.3) is 0 Å². The molecule has 1 unspecified atom stereocenters. The zero-order valence-electron chi connectivity index (χ0n) is 13.6. The highest BCUT2D eigenvalue weighted by atomic mass is 16.4. The van der Waals surface area contributed by atoms with Crippen molar-refractivity contribution in [2.24, 2.45) is 17.6 Å². The maximum atomic E-state index is 12.4. The Morgan fingerprint density at radius 1 is 1.24 bits per heavy atom. The zero-order chi connectivity index (χ0) is 16.2. The van der Waals surface area contributed by atoms with Gasteiger partial charge in [0.1, 0.15) is 5.54 Å². The van der Waals surface area contributed by atoms with Crippen LogP contribution in [0.1, 0.15) is 34.1 Å². The minimum atomic E-state index is -1.21. The zero-order valence-corrected chi connectivity index (χ0v) is 13.6. The lowest BCUT2D eigenvalue weighted by Gasteiger charge is -2.28. The van der Waals surface area contributed by atoms with Gasteiger partial charge in [-0.3, -0.25) is 14.5 Å². The molecule has 21 heavy (non-hydrogen) atoms. The van der Waals surface area contributed by atoms with Gasteiger partial charge in [0.15, 0.2) is 0 Å². The largest absolute Gasteiger partial charge is 0.480 e. The van der Waals surface area contributed by atoms with Crippen LogP contribution in [0.4, 0.5) is 0 Å². The van der Waals surface area contributed by atoms with E-state index in [9.17, 15) is 9.59 Å². The van der Waals surface area contributed by atoms with Gasteiger partial charge in [-0.2, -0.15) is 0 Å². The van der Waals surface area contributed by atoms with Gasteiger partial charge in [-0.15, -0.1) is 0 Å². The second-order valence-electron chi connectivity index (χ2n) is 7.01. The number of amides is 1. The molecule has 0 aromatic heterocycles. The first-order valence-electron chi connectivity index (χ1n) is 7.66. The second-order valence-corrected chi connectivity index (χ2v) is 7.01. The molecule has 0 radical (unpaired) electrons. The van der Waals surface area contributed by atoms with Gasteiger partial charge in [0, 0.05) is 26.2 Å². The van der Waals surface area contributed by atoms with E-state index in [0.29, 0.717) is 24.8 Å². The molecule has 6 heteroatoms. The Kier molecular flexibility index (Phi) is 6.16. The summed E-state index contributed by atoms with van der Waals surface area (Å²) in [7, 11) is 0. The SMILES string of the molecule is CC(C)CN(CC(C)C)C(=O)CN1CCC(N)(C(=O)O)C1. The van der Waals surface area contributed by atoms with Gasteiger partial charge in [0.2, 0.25) is 5.91 Å². The van der Waals surface area contributed by atoms with Crippen molar-refractivity contribution in [1.29, 1.82) is 0 Å². The fraction of sp³-hybridized carbons (Fsp3) is 0.867. The van der Waals surface area contributed by atoms with E-state index in [2.05, 4.69) is 27.7 Å². The van der Waals surface area contributed by atoms with Crippen molar-refractivity contribution < 1.29 is 14.7 Å². The monoisotopic (exact) mass is 299 g/mol. The lowest BCUT2D eigenvalue weighted by molar-refractivity contribution is -0.143. The van der Waals surface area contributed by atoms with E-state index in [1.807, 2.05) is 9.80 Å². The molecule has 3 N–H and O–H groups in total. The summed E-state index contributed by atoms with van der Waals surface area (Å²) in [6.07, 6.45) is 0.393. The van der Waals surface area contributed by atoms with Gasteiger partial charge >= 0.3 is 5.97 Å². The number of aliphatic carboxylic acids is 1. The van der Waals surface area contributed by atoms with Crippen molar-refractivity contribution in [1.82, 2.24) is 9.80 Å². The minimum Gasteiger partial charge on any atom is -0.480 e. The minimum absolute atomic E-state index is 0.0621. The molecule has 0 aromatic carbocycles. The third-order valence-corrected chi connectivity index (χ3v) is 3.69. The highest BCUT2D eigenvalue weighted by Gasteiger charge is 2.41. The molecule has 1 amide bonds. The number of carboxylic acid groups (broad SMARTS) is 1. The number of likely N-dealkylation sites (tertiary alicyclic amines) is 1. The van der Waals surface area contributed by atoms with Gasteiger partial charge in [-0.05, 0) is 18.3 Å². The maximum Gasteiger partial charge on any atom is 0.325 e. The number of rotatable bonds is 7. The molecular formula is C15H29N3O3. The van der Waals surface area contributed by atoms with Crippen LogP contribution in [0.3, 0.4) is 0 Å². The summed E-state index contributed by atoms with van der Waals surface area (Å²) in [5.41, 5.74) is 4.63. The second kappa shape index (κ2) is 7.22. The van der Waals surface area contributed by atoms with Gasteiger partial charge in [-0.25, -0.2) is 0 Å². The molecule has 1 heterocycles. The van der Waals surface area contributed by atoms with Crippen LogP contribution in [-0.2, 0) is 9.59 Å². The lowest BCUT2D eigenvalue weighted by atomic mass is 10.0. The molecule has 0 aliphatic carbocycles. The first kappa shape index (κ1) is 17.9. The van der Waals surface area contributed by atoms with Crippen LogP contribution in [0.25, 0.3) is 0 Å². The molecule has 0 aromatic rings. The normalized spacial score (nSPS) is 23.0. The smallest absolute Gasteiger partial charge is 0.325 e. The van der Waals surface area contributed by atoms with Gasteiger partial charge < -0.3 is 15.7 Å². The number of carbonyl (C=O) groups is 2. The average molecular weight is 299 g/mol. The number of nitrogens with zero attached hydrogens (tertiary/aromatic N) is 2. The van der Waals surface area contributed by atoms with Crippen molar-refractivity contribution in [3.05, 3.63) is 0 Å². The summed E-state index contributed by atoms with van der Waals surface area (Å²) in [6, 6.07) is 0. The Balaban J connectivity index is 2.59. The number of nitrogens with two attached hydrogens (primary N) is 1. The van der Waals surface area contributed by atoms with E-state index in [1.165, 1.54) is 0 Å². The molecule has 1 aliphatic rings. The molecule has 1 rings (SSSR count). The van der Waals surface area contributed by atoms with E-state index < -0.39 is 11.5 Å². The van der Waals surface area contributed by atoms with Gasteiger partial charge in [0.05, 0.1) is 6.54 Å². The van der Waals surface area contributed by atoms with Crippen molar-refractivity contribution in [2.45, 2.75) is 39.7 Å². The topological polar surface area (TPSA) is 86.9 Å². The molecule has 1 aliphatic heterocycles. The van der Waals surface area contributed by atoms with Crippen LogP contribution < -0.4 is 5.73 Å². The first-order valence-corrected chi connectivity index (χ1v) is 7.66. The third kappa shape index (κ3) is 5.28. The standard InChI is InChI=1S/C15H29N3O3/c1-11(2)7-18(8-12(3)4)13(19)9-17-6-5-15(16,10-17)14(20)21/h11-12H,5-10,16H2,1-4H3,(H,20,21). The molecule has 0 spiro atoms. The van der Waals surface area contributed by atoms with Crippen LogP contribution in [0, 0.1) is 11.8 Å². The number of hydrogen-bond acceptors (Lipinski definition) is 4. The van der Waals surface area contributed by atoms with Crippen LogP contribution in [-0.4, -0.2) is 65.0 Å². The number of carboxylic acids is 1. The van der Waals surface area contributed by atoms with Crippen molar-refractivity contribution in [3.8, 4) is 0 Å².